The molecule has 1 heterocycles. The molecule has 0 radical (unpaired) electrons. The van der Waals surface area contributed by atoms with Crippen LogP contribution in [0.4, 0.5) is 0 Å². The molecule has 0 aromatic rings. The third-order valence-electron chi connectivity index (χ3n) is 1.34. The van der Waals surface area contributed by atoms with Crippen LogP contribution in [0.25, 0.3) is 0 Å². The highest BCUT2D eigenvalue weighted by atomic mass is 32.3. The first-order chi connectivity index (χ1) is 6.81. The lowest BCUT2D eigenvalue weighted by molar-refractivity contribution is -0.131. The van der Waals surface area contributed by atoms with Crippen LogP contribution < -0.4 is 5.32 Å². The van der Waals surface area contributed by atoms with E-state index in [1.165, 1.54) is 0 Å². The number of carbonyl (C=O) groups is 1. The van der Waals surface area contributed by atoms with Crippen molar-refractivity contribution in [2.45, 2.75) is 20.0 Å². The van der Waals surface area contributed by atoms with E-state index in [-0.39, 0.29) is 0 Å². The molecule has 15 heavy (non-hydrogen) atoms. The standard InChI is InChI=1S/C5H11NO.C2H4O5S/c1-5-4-6-2-3-7-5;1-2(3)7-8(4,5)6/h5-6H,2-4H2,1H3;1H3,(H,4,5,6). The van der Waals surface area contributed by atoms with Crippen LogP contribution in [0, 0.1) is 0 Å². The maximum absolute atomic E-state index is 9.70. The minimum absolute atomic E-state index is 0.425. The molecule has 0 aromatic carbocycles. The Bertz CT molecular complexity index is 282. The van der Waals surface area contributed by atoms with Crippen molar-refractivity contribution in [3.05, 3.63) is 0 Å². The molecule has 0 amide bonds. The van der Waals surface area contributed by atoms with Gasteiger partial charge in [-0.05, 0) is 6.92 Å². The molecular weight excluding hydrogens is 226 g/mol. The molecule has 1 aliphatic heterocycles. The average molecular weight is 241 g/mol. The Morgan fingerprint density at radius 1 is 1.60 bits per heavy atom. The summed E-state index contributed by atoms with van der Waals surface area (Å²) in [6.07, 6.45) is 0.425. The molecule has 7 nitrogen and oxygen atoms in total. The van der Waals surface area contributed by atoms with Crippen molar-refractivity contribution < 1.29 is 26.7 Å². The topological polar surface area (TPSA) is 102 Å². The smallest absolute Gasteiger partial charge is 0.376 e. The van der Waals surface area contributed by atoms with Gasteiger partial charge in [0.15, 0.2) is 0 Å². The van der Waals surface area contributed by atoms with Crippen LogP contribution in [-0.2, 0) is 24.1 Å². The fourth-order valence-corrected chi connectivity index (χ4v) is 1.14. The number of ether oxygens (including phenoxy) is 1. The highest BCUT2D eigenvalue weighted by Crippen LogP contribution is 1.91. The Hall–Kier alpha value is -0.700. The van der Waals surface area contributed by atoms with Gasteiger partial charge in [-0.15, -0.1) is 0 Å². The summed E-state index contributed by atoms with van der Waals surface area (Å²) >= 11 is 0. The summed E-state index contributed by atoms with van der Waals surface area (Å²) in [5.74, 6) is -1.06. The zero-order chi connectivity index (χ0) is 11.9. The lowest BCUT2D eigenvalue weighted by atomic mass is 10.3. The molecule has 0 saturated carbocycles. The van der Waals surface area contributed by atoms with Crippen molar-refractivity contribution in [2.24, 2.45) is 0 Å². The van der Waals surface area contributed by atoms with E-state index in [1.54, 1.807) is 0 Å². The quantitative estimate of drug-likeness (QED) is 0.588. The summed E-state index contributed by atoms with van der Waals surface area (Å²) in [6, 6.07) is 0. The predicted octanol–water partition coefficient (Wildman–Crippen LogP) is -0.653. The van der Waals surface area contributed by atoms with Gasteiger partial charge in [0.25, 0.3) is 0 Å². The molecule has 0 bridgehead atoms. The maximum atomic E-state index is 9.70. The zero-order valence-electron chi connectivity index (χ0n) is 8.60. The fraction of sp³-hybridized carbons (Fsp3) is 0.857. The van der Waals surface area contributed by atoms with E-state index in [4.69, 9.17) is 9.29 Å². The zero-order valence-corrected chi connectivity index (χ0v) is 9.41. The van der Waals surface area contributed by atoms with Crippen LogP contribution in [-0.4, -0.2) is 44.7 Å². The Kier molecular flexibility index (Phi) is 6.41. The molecule has 1 saturated heterocycles. The van der Waals surface area contributed by atoms with Gasteiger partial charge < -0.3 is 14.2 Å². The number of morpholine rings is 1. The highest BCUT2D eigenvalue weighted by Gasteiger charge is 2.06. The van der Waals surface area contributed by atoms with Crippen LogP contribution in [0.3, 0.4) is 0 Å². The molecule has 0 spiro atoms. The van der Waals surface area contributed by atoms with Crippen molar-refractivity contribution >= 4 is 16.4 Å². The van der Waals surface area contributed by atoms with Gasteiger partial charge in [-0.25, -0.2) is 0 Å². The Morgan fingerprint density at radius 3 is 2.33 bits per heavy atom. The molecule has 1 fully saturated rings. The Morgan fingerprint density at radius 2 is 2.20 bits per heavy atom. The van der Waals surface area contributed by atoms with Gasteiger partial charge in [0, 0.05) is 20.0 Å². The maximum Gasteiger partial charge on any atom is 0.448 e. The number of hydrogen-bond acceptors (Lipinski definition) is 6. The van der Waals surface area contributed by atoms with Crippen LogP contribution in [0.5, 0.6) is 0 Å². The van der Waals surface area contributed by atoms with Crippen molar-refractivity contribution in [1.29, 1.82) is 0 Å². The van der Waals surface area contributed by atoms with Gasteiger partial charge in [-0.1, -0.05) is 0 Å². The fourth-order valence-electron chi connectivity index (χ4n) is 0.845. The first-order valence-electron chi connectivity index (χ1n) is 4.31. The monoisotopic (exact) mass is 241 g/mol. The van der Waals surface area contributed by atoms with E-state index in [0.29, 0.717) is 6.10 Å². The lowest BCUT2D eigenvalue weighted by Gasteiger charge is -2.18. The second-order valence-corrected chi connectivity index (χ2v) is 3.91. The minimum atomic E-state index is -4.57. The van der Waals surface area contributed by atoms with Crippen molar-refractivity contribution in [3.63, 3.8) is 0 Å². The van der Waals surface area contributed by atoms with Crippen molar-refractivity contribution in [3.8, 4) is 0 Å². The molecule has 2 N–H and O–H groups in total. The van der Waals surface area contributed by atoms with Crippen LogP contribution in [0.15, 0.2) is 0 Å². The summed E-state index contributed by atoms with van der Waals surface area (Å²) in [5.41, 5.74) is 0. The van der Waals surface area contributed by atoms with Gasteiger partial charge in [0.2, 0.25) is 0 Å². The van der Waals surface area contributed by atoms with E-state index in [0.717, 1.165) is 26.6 Å². The van der Waals surface area contributed by atoms with E-state index in [9.17, 15) is 13.2 Å². The van der Waals surface area contributed by atoms with E-state index < -0.39 is 16.4 Å². The van der Waals surface area contributed by atoms with Crippen molar-refractivity contribution in [1.82, 2.24) is 5.32 Å². The Labute approximate surface area is 88.7 Å². The Balaban J connectivity index is 0.000000262. The summed E-state index contributed by atoms with van der Waals surface area (Å²) in [4.78, 5) is 9.70. The summed E-state index contributed by atoms with van der Waals surface area (Å²) in [6.45, 7) is 5.85. The van der Waals surface area contributed by atoms with Gasteiger partial charge in [-0.2, -0.15) is 8.42 Å². The van der Waals surface area contributed by atoms with Crippen LogP contribution in [0.1, 0.15) is 13.8 Å². The predicted molar refractivity (Wildman–Crippen MR) is 51.6 cm³/mol. The number of hydrogen-bond donors (Lipinski definition) is 2. The lowest BCUT2D eigenvalue weighted by Crippen LogP contribution is -2.36. The number of nitrogens with one attached hydrogen (secondary N) is 1. The summed E-state index contributed by atoms with van der Waals surface area (Å²) in [7, 11) is -4.57. The SMILES string of the molecule is CC(=O)OS(=O)(=O)O.CC1CNCCO1. The largest absolute Gasteiger partial charge is 0.448 e. The summed E-state index contributed by atoms with van der Waals surface area (Å²) < 4.78 is 35.4. The third-order valence-corrected chi connectivity index (χ3v) is 1.78. The number of rotatable bonds is 1. The molecular formula is C7H15NO6S. The molecule has 8 heteroatoms. The first-order valence-corrected chi connectivity index (χ1v) is 5.67. The second kappa shape index (κ2) is 6.72. The average Bonchev–Trinajstić information content (AvgIpc) is 2.01. The normalized spacial score (nSPS) is 21.1. The van der Waals surface area contributed by atoms with Crippen LogP contribution >= 0.6 is 0 Å². The molecule has 1 rings (SSSR count). The van der Waals surface area contributed by atoms with Crippen LogP contribution in [0.2, 0.25) is 0 Å². The first kappa shape index (κ1) is 14.3. The van der Waals surface area contributed by atoms with E-state index in [1.807, 2.05) is 0 Å². The number of carbonyl (C=O) groups excluding carboxylic acids is 1. The van der Waals surface area contributed by atoms with Gasteiger partial charge in [0.05, 0.1) is 12.7 Å². The minimum Gasteiger partial charge on any atom is -0.376 e. The molecule has 0 aromatic heterocycles. The molecule has 1 unspecified atom stereocenters. The van der Waals surface area contributed by atoms with Gasteiger partial charge in [-0.3, -0.25) is 9.35 Å². The second-order valence-electron chi connectivity index (χ2n) is 2.89. The van der Waals surface area contributed by atoms with Gasteiger partial charge in [0.1, 0.15) is 0 Å². The molecule has 90 valence electrons. The molecule has 1 aliphatic rings. The van der Waals surface area contributed by atoms with Crippen molar-refractivity contribution in [2.75, 3.05) is 19.7 Å². The van der Waals surface area contributed by atoms with E-state index in [2.05, 4.69) is 16.4 Å². The third kappa shape index (κ3) is 11.2. The van der Waals surface area contributed by atoms with Gasteiger partial charge >= 0.3 is 16.4 Å². The summed E-state index contributed by atoms with van der Waals surface area (Å²) in [5, 5.41) is 3.21. The highest BCUT2D eigenvalue weighted by molar-refractivity contribution is 7.81. The molecule has 0 aliphatic carbocycles. The molecule has 1 atom stereocenters. The van der Waals surface area contributed by atoms with E-state index >= 15 is 0 Å².